The van der Waals surface area contributed by atoms with Crippen LogP contribution < -0.4 is 19.5 Å². The molecule has 0 aromatic heterocycles. The second-order valence-electron chi connectivity index (χ2n) is 7.99. The minimum atomic E-state index is -4.14. The van der Waals surface area contributed by atoms with E-state index >= 15 is 0 Å². The maximum Gasteiger partial charge on any atom is 0.338 e. The average Bonchev–Trinajstić information content (AvgIpc) is 3.32. The molecule has 0 spiro atoms. The Kier molecular flexibility index (Phi) is 6.98. The van der Waals surface area contributed by atoms with Gasteiger partial charge in [-0.1, -0.05) is 6.07 Å². The Morgan fingerprint density at radius 1 is 1.00 bits per heavy atom. The van der Waals surface area contributed by atoms with Crippen molar-refractivity contribution in [1.29, 1.82) is 0 Å². The lowest BCUT2D eigenvalue weighted by molar-refractivity contribution is -0.385. The quantitative estimate of drug-likeness (QED) is 0.253. The molecule has 0 bridgehead atoms. The van der Waals surface area contributed by atoms with E-state index in [-0.39, 0.29) is 28.6 Å². The smallest absolute Gasteiger partial charge is 0.338 e. The van der Waals surface area contributed by atoms with Gasteiger partial charge in [0, 0.05) is 29.6 Å². The summed E-state index contributed by atoms with van der Waals surface area (Å²) in [6, 6.07) is 13.7. The second kappa shape index (κ2) is 10.1. The van der Waals surface area contributed by atoms with E-state index in [1.807, 2.05) is 0 Å². The number of hydrogen-bond acceptors (Lipinski definition) is 9. The highest BCUT2D eigenvalue weighted by Gasteiger charge is 2.23. The van der Waals surface area contributed by atoms with Crippen LogP contribution >= 0.6 is 0 Å². The van der Waals surface area contributed by atoms with Gasteiger partial charge in [-0.3, -0.25) is 19.6 Å². The molecule has 1 unspecified atom stereocenters. The Morgan fingerprint density at radius 3 is 2.38 bits per heavy atom. The molecule has 192 valence electrons. The van der Waals surface area contributed by atoms with Gasteiger partial charge >= 0.3 is 5.97 Å². The van der Waals surface area contributed by atoms with E-state index in [2.05, 4.69) is 10.0 Å². The molecule has 12 nitrogen and oxygen atoms in total. The molecular weight excluding hydrogens is 506 g/mol. The number of non-ortho nitro benzene ring substituents is 1. The minimum Gasteiger partial charge on any atom is -0.454 e. The number of fused-ring (bicyclic) bond motifs is 1. The first kappa shape index (κ1) is 25.4. The average molecular weight is 528 g/mol. The Balaban J connectivity index is 1.38. The number of sulfonamides is 1. The molecule has 0 fully saturated rings. The summed E-state index contributed by atoms with van der Waals surface area (Å²) >= 11 is 0. The van der Waals surface area contributed by atoms with E-state index in [9.17, 15) is 28.1 Å². The van der Waals surface area contributed by atoms with Gasteiger partial charge in [-0.05, 0) is 55.8 Å². The van der Waals surface area contributed by atoms with Gasteiger partial charge in [0.2, 0.25) is 6.79 Å². The van der Waals surface area contributed by atoms with Crippen LogP contribution in [0.4, 0.5) is 17.1 Å². The van der Waals surface area contributed by atoms with Gasteiger partial charge in [0.25, 0.3) is 21.6 Å². The van der Waals surface area contributed by atoms with Gasteiger partial charge in [-0.25, -0.2) is 13.2 Å². The molecule has 0 saturated heterocycles. The number of nitrogens with zero attached hydrogens (tertiary/aromatic N) is 1. The van der Waals surface area contributed by atoms with Crippen LogP contribution in [0.1, 0.15) is 22.8 Å². The Labute approximate surface area is 211 Å². The number of nitro groups is 1. The summed E-state index contributed by atoms with van der Waals surface area (Å²) in [5.74, 6) is -0.316. The number of carbonyl (C=O) groups is 2. The molecule has 1 atom stereocenters. The van der Waals surface area contributed by atoms with Crippen molar-refractivity contribution in [3.63, 3.8) is 0 Å². The first-order chi connectivity index (χ1) is 17.5. The summed E-state index contributed by atoms with van der Waals surface area (Å²) in [5.41, 5.74) is 0.605. The van der Waals surface area contributed by atoms with E-state index in [1.165, 1.54) is 50.2 Å². The molecule has 1 aliphatic rings. The zero-order chi connectivity index (χ0) is 26.7. The normalized spacial score (nSPS) is 12.9. The van der Waals surface area contributed by atoms with Gasteiger partial charge < -0.3 is 19.5 Å². The van der Waals surface area contributed by atoms with Crippen molar-refractivity contribution in [2.75, 3.05) is 16.8 Å². The molecule has 2 N–H and O–H groups in total. The lowest BCUT2D eigenvalue weighted by atomic mass is 10.2. The predicted molar refractivity (Wildman–Crippen MR) is 131 cm³/mol. The minimum absolute atomic E-state index is 0.0807. The van der Waals surface area contributed by atoms with Crippen molar-refractivity contribution in [2.45, 2.75) is 24.8 Å². The molecule has 37 heavy (non-hydrogen) atoms. The first-order valence-electron chi connectivity index (χ1n) is 10.8. The molecule has 13 heteroatoms. The number of hydrogen-bond donors (Lipinski definition) is 2. The summed E-state index contributed by atoms with van der Waals surface area (Å²) in [4.78, 5) is 35.0. The summed E-state index contributed by atoms with van der Waals surface area (Å²) in [6.07, 6.45) is -1.13. The van der Waals surface area contributed by atoms with Gasteiger partial charge in [-0.15, -0.1) is 0 Å². The molecule has 0 saturated carbocycles. The van der Waals surface area contributed by atoms with Crippen molar-refractivity contribution in [1.82, 2.24) is 0 Å². The van der Waals surface area contributed by atoms with Crippen LogP contribution in [0.25, 0.3) is 0 Å². The zero-order valence-electron chi connectivity index (χ0n) is 19.6. The van der Waals surface area contributed by atoms with Crippen LogP contribution in [0.5, 0.6) is 11.5 Å². The van der Waals surface area contributed by atoms with E-state index in [0.29, 0.717) is 22.7 Å². The van der Waals surface area contributed by atoms with Crippen molar-refractivity contribution in [3.8, 4) is 11.5 Å². The highest BCUT2D eigenvalue weighted by molar-refractivity contribution is 7.92. The summed E-state index contributed by atoms with van der Waals surface area (Å²) < 4.78 is 43.5. The lowest BCUT2D eigenvalue weighted by Crippen LogP contribution is -2.30. The first-order valence-corrected chi connectivity index (χ1v) is 12.3. The molecule has 0 radical (unpaired) electrons. The van der Waals surface area contributed by atoms with Crippen molar-refractivity contribution in [3.05, 3.63) is 81.9 Å². The summed E-state index contributed by atoms with van der Waals surface area (Å²) in [6.45, 7) is 3.01. The highest BCUT2D eigenvalue weighted by atomic mass is 32.2. The number of benzene rings is 3. The van der Waals surface area contributed by atoms with E-state index in [4.69, 9.17) is 14.2 Å². The number of amides is 1. The van der Waals surface area contributed by atoms with Crippen LogP contribution in [0.15, 0.2) is 65.6 Å². The monoisotopic (exact) mass is 527 g/mol. The number of aryl methyl sites for hydroxylation is 1. The highest BCUT2D eigenvalue weighted by Crippen LogP contribution is 2.34. The van der Waals surface area contributed by atoms with Gasteiger partial charge in [0.05, 0.1) is 15.4 Å². The van der Waals surface area contributed by atoms with E-state index in [1.54, 1.807) is 18.2 Å². The van der Waals surface area contributed by atoms with Crippen molar-refractivity contribution in [2.24, 2.45) is 0 Å². The topological polar surface area (TPSA) is 163 Å². The van der Waals surface area contributed by atoms with Gasteiger partial charge in [-0.2, -0.15) is 0 Å². The fraction of sp³-hybridized carbons (Fsp3) is 0.167. The summed E-state index contributed by atoms with van der Waals surface area (Å²) in [7, 11) is -4.14. The molecule has 3 aromatic carbocycles. The SMILES string of the molecule is Cc1ccc([N+](=O)[O-])cc1S(=O)(=O)Nc1ccc(C(=O)OC(C)C(=O)Nc2ccc3c(c2)OCO3)cc1. The molecule has 4 rings (SSSR count). The third-order valence-electron chi connectivity index (χ3n) is 5.34. The van der Waals surface area contributed by atoms with Crippen molar-refractivity contribution >= 4 is 39.0 Å². The Morgan fingerprint density at radius 2 is 1.68 bits per heavy atom. The van der Waals surface area contributed by atoms with Crippen LogP contribution in [-0.4, -0.2) is 38.1 Å². The number of carbonyl (C=O) groups excluding carboxylic acids is 2. The molecule has 0 aliphatic carbocycles. The predicted octanol–water partition coefficient (Wildman–Crippen LogP) is 3.62. The van der Waals surface area contributed by atoms with Gasteiger partial charge in [0.15, 0.2) is 17.6 Å². The third kappa shape index (κ3) is 5.78. The number of ether oxygens (including phenoxy) is 3. The number of esters is 1. The number of nitro benzene ring substituents is 1. The third-order valence-corrected chi connectivity index (χ3v) is 6.86. The second-order valence-corrected chi connectivity index (χ2v) is 9.65. The molecule has 3 aromatic rings. The Bertz CT molecular complexity index is 1490. The van der Waals surface area contributed by atoms with Crippen LogP contribution in [0.2, 0.25) is 0 Å². The maximum atomic E-state index is 12.8. The fourth-order valence-electron chi connectivity index (χ4n) is 3.38. The van der Waals surface area contributed by atoms with E-state index in [0.717, 1.165) is 6.07 Å². The van der Waals surface area contributed by atoms with Crippen LogP contribution in [0, 0.1) is 17.0 Å². The summed E-state index contributed by atoms with van der Waals surface area (Å²) in [5, 5.41) is 13.6. The van der Waals surface area contributed by atoms with Crippen LogP contribution in [-0.2, 0) is 19.6 Å². The number of nitrogens with one attached hydrogen (secondary N) is 2. The molecular formula is C24H21N3O9S. The molecule has 1 amide bonds. The number of anilines is 2. The maximum absolute atomic E-state index is 12.8. The zero-order valence-corrected chi connectivity index (χ0v) is 20.4. The molecule has 1 heterocycles. The number of rotatable bonds is 8. The van der Waals surface area contributed by atoms with Gasteiger partial charge in [0.1, 0.15) is 0 Å². The standard InChI is InChI=1S/C24H21N3O9S/c1-14-3-9-19(27(30)31)12-22(14)37(32,33)26-17-6-4-16(5-7-17)24(29)36-15(2)23(28)25-18-8-10-20-21(11-18)35-13-34-20/h3-12,15,26H,13H2,1-2H3,(H,25,28). The van der Waals surface area contributed by atoms with E-state index < -0.39 is 32.9 Å². The Hall–Kier alpha value is -4.65. The van der Waals surface area contributed by atoms with Crippen LogP contribution in [0.3, 0.4) is 0 Å². The largest absolute Gasteiger partial charge is 0.454 e. The fourth-order valence-corrected chi connectivity index (χ4v) is 4.70. The van der Waals surface area contributed by atoms with Crippen molar-refractivity contribution < 1.29 is 37.1 Å². The molecule has 1 aliphatic heterocycles. The lowest BCUT2D eigenvalue weighted by Gasteiger charge is -2.14.